The smallest absolute Gasteiger partial charge is 0.268 e. The Bertz CT molecular complexity index is 1780. The van der Waals surface area contributed by atoms with E-state index in [9.17, 15) is 21.9 Å². The maximum absolute atomic E-state index is 13.4. The Morgan fingerprint density at radius 3 is 2.10 bits per heavy atom. The van der Waals surface area contributed by atoms with Gasteiger partial charge in [0, 0.05) is 23.7 Å². The number of hydrogen-bond acceptors (Lipinski definition) is 5. The van der Waals surface area contributed by atoms with Crippen LogP contribution in [-0.2, 0) is 20.0 Å². The van der Waals surface area contributed by atoms with Gasteiger partial charge in [-0.25, -0.2) is 20.8 Å². The molecule has 0 aliphatic carbocycles. The predicted octanol–water partition coefficient (Wildman–Crippen LogP) is 4.80. The Kier molecular flexibility index (Phi) is 8.42. The van der Waals surface area contributed by atoms with Crippen LogP contribution in [0.4, 0.5) is 0 Å². The topological polar surface area (TPSA) is 96.7 Å². The summed E-state index contributed by atoms with van der Waals surface area (Å²) in [4.78, 5) is 0.284. The average Bonchev–Trinajstić information content (AvgIpc) is 3.32. The van der Waals surface area contributed by atoms with Crippen molar-refractivity contribution in [2.24, 2.45) is 0 Å². The van der Waals surface area contributed by atoms with E-state index in [0.717, 1.165) is 15.1 Å². The molecule has 202 valence electrons. The SMILES string of the molecule is C/C=C/CN(CC#CC(O)c1cn(S(=O)(=O)c2ccc(C)cc2)c2ccccc12)S(=O)(=O)c1ccc(C)cc1. The molecule has 4 aromatic rings. The summed E-state index contributed by atoms with van der Waals surface area (Å²) in [6, 6.07) is 20.0. The summed E-state index contributed by atoms with van der Waals surface area (Å²) in [6.45, 7) is 5.51. The molecular formula is C30H30N2O5S2. The number of nitrogens with zero attached hydrogens (tertiary/aromatic N) is 2. The van der Waals surface area contributed by atoms with Crippen LogP contribution in [0.3, 0.4) is 0 Å². The van der Waals surface area contributed by atoms with Crippen molar-refractivity contribution in [3.63, 3.8) is 0 Å². The summed E-state index contributed by atoms with van der Waals surface area (Å²) >= 11 is 0. The lowest BCUT2D eigenvalue weighted by Crippen LogP contribution is -2.31. The van der Waals surface area contributed by atoms with Crippen molar-refractivity contribution in [1.29, 1.82) is 0 Å². The first-order chi connectivity index (χ1) is 18.6. The van der Waals surface area contributed by atoms with Gasteiger partial charge in [-0.3, -0.25) is 0 Å². The molecule has 0 saturated heterocycles. The quantitative estimate of drug-likeness (QED) is 0.246. The number of benzene rings is 3. The maximum Gasteiger partial charge on any atom is 0.268 e. The van der Waals surface area contributed by atoms with Gasteiger partial charge in [-0.2, -0.15) is 4.31 Å². The number of aromatic nitrogens is 1. The van der Waals surface area contributed by atoms with Crippen molar-refractivity contribution in [3.8, 4) is 11.8 Å². The van der Waals surface area contributed by atoms with Gasteiger partial charge < -0.3 is 5.11 Å². The van der Waals surface area contributed by atoms with Gasteiger partial charge in [0.05, 0.1) is 21.9 Å². The molecule has 1 aromatic heterocycles. The summed E-state index contributed by atoms with van der Waals surface area (Å²) in [7, 11) is -7.75. The molecule has 1 atom stereocenters. The zero-order chi connectivity index (χ0) is 28.2. The number of aliphatic hydroxyl groups is 1. The predicted molar refractivity (Wildman–Crippen MR) is 153 cm³/mol. The Balaban J connectivity index is 1.67. The van der Waals surface area contributed by atoms with Crippen molar-refractivity contribution < 1.29 is 21.9 Å². The van der Waals surface area contributed by atoms with Crippen LogP contribution in [-0.4, -0.2) is 43.3 Å². The number of aryl methyl sites for hydroxylation is 2. The number of hydrogen-bond donors (Lipinski definition) is 1. The molecule has 4 rings (SSSR count). The molecule has 0 aliphatic heterocycles. The third-order valence-corrected chi connectivity index (χ3v) is 9.79. The van der Waals surface area contributed by atoms with E-state index in [1.54, 1.807) is 91.9 Å². The van der Waals surface area contributed by atoms with Crippen LogP contribution >= 0.6 is 0 Å². The Hall–Kier alpha value is -3.68. The van der Waals surface area contributed by atoms with Gasteiger partial charge >= 0.3 is 0 Å². The van der Waals surface area contributed by atoms with Crippen LogP contribution in [0.5, 0.6) is 0 Å². The van der Waals surface area contributed by atoms with Crippen molar-refractivity contribution in [1.82, 2.24) is 8.28 Å². The lowest BCUT2D eigenvalue weighted by atomic mass is 10.1. The van der Waals surface area contributed by atoms with Crippen LogP contribution in [0.25, 0.3) is 10.9 Å². The van der Waals surface area contributed by atoms with Crippen molar-refractivity contribution in [3.05, 3.63) is 108 Å². The van der Waals surface area contributed by atoms with Gasteiger partial charge in [-0.05, 0) is 51.1 Å². The molecule has 0 amide bonds. The summed E-state index contributed by atoms with van der Waals surface area (Å²) < 4.78 is 55.7. The number of allylic oxidation sites excluding steroid dienone is 1. The number of aliphatic hydroxyl groups excluding tert-OH is 1. The summed E-state index contributed by atoms with van der Waals surface area (Å²) in [5.74, 6) is 5.49. The minimum absolute atomic E-state index is 0.117. The van der Waals surface area contributed by atoms with Crippen molar-refractivity contribution in [2.75, 3.05) is 13.1 Å². The highest BCUT2D eigenvalue weighted by molar-refractivity contribution is 7.90. The third-order valence-electron chi connectivity index (χ3n) is 6.28. The van der Waals surface area contributed by atoms with Crippen molar-refractivity contribution in [2.45, 2.75) is 36.7 Å². The number of fused-ring (bicyclic) bond motifs is 1. The fourth-order valence-electron chi connectivity index (χ4n) is 4.05. The molecule has 3 aromatic carbocycles. The van der Waals surface area contributed by atoms with E-state index in [1.807, 2.05) is 13.8 Å². The zero-order valence-corrected chi connectivity index (χ0v) is 23.6. The highest BCUT2D eigenvalue weighted by Crippen LogP contribution is 2.30. The van der Waals surface area contributed by atoms with Crippen LogP contribution in [0.15, 0.2) is 101 Å². The number of rotatable bonds is 8. The molecule has 39 heavy (non-hydrogen) atoms. The highest BCUT2D eigenvalue weighted by Gasteiger charge is 2.24. The molecule has 1 heterocycles. The van der Waals surface area contributed by atoms with E-state index < -0.39 is 26.2 Å². The molecule has 0 spiro atoms. The third kappa shape index (κ3) is 6.00. The Labute approximate surface area is 230 Å². The molecule has 0 aliphatic rings. The summed E-state index contributed by atoms with van der Waals surface area (Å²) in [5.41, 5.74) is 2.60. The van der Waals surface area contributed by atoms with Crippen molar-refractivity contribution >= 4 is 30.9 Å². The second kappa shape index (κ2) is 11.6. The van der Waals surface area contributed by atoms with Gasteiger partial charge in [0.2, 0.25) is 10.0 Å². The minimum Gasteiger partial charge on any atom is -0.376 e. The van der Waals surface area contributed by atoms with E-state index in [-0.39, 0.29) is 22.9 Å². The number of para-hydroxylation sites is 1. The van der Waals surface area contributed by atoms with Crippen LogP contribution in [0, 0.1) is 25.7 Å². The first kappa shape index (κ1) is 28.3. The minimum atomic E-state index is -3.93. The zero-order valence-electron chi connectivity index (χ0n) is 21.9. The molecule has 1 unspecified atom stereocenters. The van der Waals surface area contributed by atoms with Gasteiger partial charge in [0.1, 0.15) is 6.10 Å². The normalized spacial score (nSPS) is 13.1. The standard InChI is InChI=1S/C30H30N2O5S2/c1-4-5-20-31(38(34,35)25-16-12-23(2)13-17-25)21-8-11-30(33)28-22-32(29-10-7-6-9-27(28)29)39(36,37)26-18-14-24(3)15-19-26/h4-7,9-10,12-19,22,30,33H,20-21H2,1-3H3/b5-4+. The maximum atomic E-state index is 13.4. The lowest BCUT2D eigenvalue weighted by Gasteiger charge is -2.18. The molecule has 0 bridgehead atoms. The van der Waals surface area contributed by atoms with Gasteiger partial charge in [0.15, 0.2) is 0 Å². The average molecular weight is 563 g/mol. The van der Waals surface area contributed by atoms with Gasteiger partial charge in [0.25, 0.3) is 10.0 Å². The largest absolute Gasteiger partial charge is 0.376 e. The highest BCUT2D eigenvalue weighted by atomic mass is 32.2. The molecule has 0 saturated carbocycles. The lowest BCUT2D eigenvalue weighted by molar-refractivity contribution is 0.239. The molecule has 0 radical (unpaired) electrons. The molecular weight excluding hydrogens is 532 g/mol. The molecule has 9 heteroatoms. The summed E-state index contributed by atoms with van der Waals surface area (Å²) in [6.07, 6.45) is 3.51. The van der Waals surface area contributed by atoms with E-state index in [2.05, 4.69) is 11.8 Å². The first-order valence-electron chi connectivity index (χ1n) is 12.3. The van der Waals surface area contributed by atoms with E-state index in [0.29, 0.717) is 16.5 Å². The Morgan fingerprint density at radius 2 is 1.49 bits per heavy atom. The van der Waals surface area contributed by atoms with E-state index in [4.69, 9.17) is 0 Å². The second-order valence-corrected chi connectivity index (χ2v) is 12.9. The fraction of sp³-hybridized carbons (Fsp3) is 0.200. The van der Waals surface area contributed by atoms with Crippen LogP contribution < -0.4 is 0 Å². The monoisotopic (exact) mass is 562 g/mol. The fourth-order valence-corrected chi connectivity index (χ4v) is 6.73. The van der Waals surface area contributed by atoms with Crippen LogP contribution in [0.2, 0.25) is 0 Å². The first-order valence-corrected chi connectivity index (χ1v) is 15.2. The van der Waals surface area contributed by atoms with E-state index in [1.165, 1.54) is 10.5 Å². The second-order valence-electron chi connectivity index (χ2n) is 9.12. The summed E-state index contributed by atoms with van der Waals surface area (Å²) in [5, 5.41) is 11.5. The molecule has 1 N–H and O–H groups in total. The molecule has 0 fully saturated rings. The van der Waals surface area contributed by atoms with Gasteiger partial charge in [-0.1, -0.05) is 77.6 Å². The van der Waals surface area contributed by atoms with E-state index >= 15 is 0 Å². The van der Waals surface area contributed by atoms with Gasteiger partial charge in [-0.15, -0.1) is 0 Å². The Morgan fingerprint density at radius 1 is 0.897 bits per heavy atom. The molecule has 7 nitrogen and oxygen atoms in total. The van der Waals surface area contributed by atoms with Crippen LogP contribution in [0.1, 0.15) is 29.7 Å². The number of sulfonamides is 1.